The lowest BCUT2D eigenvalue weighted by Gasteiger charge is -2.37. The van der Waals surface area contributed by atoms with E-state index in [1.165, 1.54) is 12.8 Å². The average Bonchev–Trinajstić information content (AvgIpc) is 2.26. The SMILES string of the molecule is CCC(CC(=O)O)N1CCC(CN(C)C)CC1. The standard InChI is InChI=1S/C13H26N2O2/c1-4-12(9-13(16)17)15-7-5-11(6-8-15)10-14(2)3/h11-12H,4-10H2,1-3H3,(H,16,17). The van der Waals surface area contributed by atoms with Gasteiger partial charge in [0.05, 0.1) is 6.42 Å². The lowest BCUT2D eigenvalue weighted by Crippen LogP contribution is -2.43. The van der Waals surface area contributed by atoms with Crippen molar-refractivity contribution in [3.05, 3.63) is 0 Å². The van der Waals surface area contributed by atoms with Crippen molar-refractivity contribution < 1.29 is 9.90 Å². The van der Waals surface area contributed by atoms with Crippen molar-refractivity contribution in [2.45, 2.75) is 38.6 Å². The molecule has 1 saturated heterocycles. The second kappa shape index (κ2) is 6.97. The summed E-state index contributed by atoms with van der Waals surface area (Å²) in [4.78, 5) is 15.4. The van der Waals surface area contributed by atoms with Crippen molar-refractivity contribution in [2.75, 3.05) is 33.7 Å². The summed E-state index contributed by atoms with van der Waals surface area (Å²) in [5.41, 5.74) is 0. The molecular weight excluding hydrogens is 216 g/mol. The molecule has 17 heavy (non-hydrogen) atoms. The van der Waals surface area contributed by atoms with Gasteiger partial charge in [-0.1, -0.05) is 6.92 Å². The molecule has 0 amide bonds. The molecule has 1 aliphatic heterocycles. The Morgan fingerprint density at radius 1 is 1.41 bits per heavy atom. The van der Waals surface area contributed by atoms with E-state index in [9.17, 15) is 4.79 Å². The first-order chi connectivity index (χ1) is 8.02. The molecule has 100 valence electrons. The van der Waals surface area contributed by atoms with Crippen LogP contribution in [0.15, 0.2) is 0 Å². The van der Waals surface area contributed by atoms with E-state index >= 15 is 0 Å². The Morgan fingerprint density at radius 3 is 2.41 bits per heavy atom. The number of piperidine rings is 1. The summed E-state index contributed by atoms with van der Waals surface area (Å²) in [5.74, 6) is 0.107. The summed E-state index contributed by atoms with van der Waals surface area (Å²) in [7, 11) is 4.23. The van der Waals surface area contributed by atoms with Gasteiger partial charge in [0, 0.05) is 12.6 Å². The molecule has 1 rings (SSSR count). The van der Waals surface area contributed by atoms with Crippen molar-refractivity contribution in [1.82, 2.24) is 9.80 Å². The highest BCUT2D eigenvalue weighted by molar-refractivity contribution is 5.67. The van der Waals surface area contributed by atoms with Crippen LogP contribution in [0.3, 0.4) is 0 Å². The third-order valence-corrected chi connectivity index (χ3v) is 3.67. The summed E-state index contributed by atoms with van der Waals surface area (Å²) >= 11 is 0. The molecule has 0 radical (unpaired) electrons. The Morgan fingerprint density at radius 2 is 2.00 bits per heavy atom. The number of carboxylic acid groups (broad SMARTS) is 1. The Bertz CT molecular complexity index is 236. The van der Waals surface area contributed by atoms with Gasteiger partial charge in [0.1, 0.15) is 0 Å². The Balaban J connectivity index is 2.36. The zero-order chi connectivity index (χ0) is 12.8. The van der Waals surface area contributed by atoms with Crippen molar-refractivity contribution in [3.63, 3.8) is 0 Å². The minimum atomic E-state index is -0.674. The summed E-state index contributed by atoms with van der Waals surface area (Å²) in [6, 6.07) is 0.229. The summed E-state index contributed by atoms with van der Waals surface area (Å²) < 4.78 is 0. The van der Waals surface area contributed by atoms with E-state index in [2.05, 4.69) is 30.8 Å². The molecule has 0 aromatic heterocycles. The number of hydrogen-bond acceptors (Lipinski definition) is 3. The van der Waals surface area contributed by atoms with Crippen LogP contribution in [0.25, 0.3) is 0 Å². The predicted molar refractivity (Wildman–Crippen MR) is 69.2 cm³/mol. The lowest BCUT2D eigenvalue weighted by molar-refractivity contribution is -0.138. The minimum absolute atomic E-state index is 0.229. The molecule has 1 unspecified atom stereocenters. The van der Waals surface area contributed by atoms with E-state index in [0.29, 0.717) is 0 Å². The van der Waals surface area contributed by atoms with Crippen LogP contribution in [0, 0.1) is 5.92 Å². The van der Waals surface area contributed by atoms with Crippen LogP contribution >= 0.6 is 0 Å². The monoisotopic (exact) mass is 242 g/mol. The first-order valence-electron chi connectivity index (χ1n) is 6.63. The third-order valence-electron chi connectivity index (χ3n) is 3.67. The molecule has 4 nitrogen and oxygen atoms in total. The molecule has 4 heteroatoms. The zero-order valence-electron chi connectivity index (χ0n) is 11.4. The van der Waals surface area contributed by atoms with E-state index in [4.69, 9.17) is 5.11 Å². The third kappa shape index (κ3) is 5.04. The molecular formula is C13H26N2O2. The van der Waals surface area contributed by atoms with E-state index < -0.39 is 5.97 Å². The van der Waals surface area contributed by atoms with Gasteiger partial charge in [0.2, 0.25) is 0 Å². The molecule has 0 bridgehead atoms. The van der Waals surface area contributed by atoms with Crippen molar-refractivity contribution in [1.29, 1.82) is 0 Å². The van der Waals surface area contributed by atoms with Crippen LogP contribution in [-0.2, 0) is 4.79 Å². The molecule has 1 fully saturated rings. The number of carbonyl (C=O) groups is 1. The van der Waals surface area contributed by atoms with Crippen molar-refractivity contribution in [3.8, 4) is 0 Å². The molecule has 0 spiro atoms. The Hall–Kier alpha value is -0.610. The lowest BCUT2D eigenvalue weighted by atomic mass is 9.94. The summed E-state index contributed by atoms with van der Waals surface area (Å²) in [6.45, 7) is 5.36. The molecule has 1 aliphatic rings. The average molecular weight is 242 g/mol. The smallest absolute Gasteiger partial charge is 0.304 e. The fraction of sp³-hybridized carbons (Fsp3) is 0.923. The van der Waals surface area contributed by atoms with Crippen LogP contribution in [0.2, 0.25) is 0 Å². The number of aliphatic carboxylic acids is 1. The molecule has 1 N–H and O–H groups in total. The topological polar surface area (TPSA) is 43.8 Å². The largest absolute Gasteiger partial charge is 0.481 e. The second-order valence-corrected chi connectivity index (χ2v) is 5.40. The maximum Gasteiger partial charge on any atom is 0.304 e. The van der Waals surface area contributed by atoms with Crippen LogP contribution in [-0.4, -0.2) is 60.6 Å². The number of likely N-dealkylation sites (tertiary alicyclic amines) is 1. The number of nitrogens with zero attached hydrogens (tertiary/aromatic N) is 2. The second-order valence-electron chi connectivity index (χ2n) is 5.40. The summed E-state index contributed by atoms with van der Waals surface area (Å²) in [6.07, 6.45) is 3.63. The Labute approximate surface area is 105 Å². The first kappa shape index (κ1) is 14.5. The molecule has 0 aromatic rings. The number of carboxylic acids is 1. The van der Waals surface area contributed by atoms with Gasteiger partial charge in [-0.05, 0) is 52.4 Å². The highest BCUT2D eigenvalue weighted by Gasteiger charge is 2.25. The fourth-order valence-electron chi connectivity index (χ4n) is 2.75. The van der Waals surface area contributed by atoms with Gasteiger partial charge in [-0.3, -0.25) is 9.69 Å². The molecule has 0 aliphatic carbocycles. The molecule has 0 saturated carbocycles. The van der Waals surface area contributed by atoms with E-state index in [0.717, 1.165) is 32.0 Å². The predicted octanol–water partition coefficient (Wildman–Crippen LogP) is 1.51. The van der Waals surface area contributed by atoms with E-state index in [-0.39, 0.29) is 12.5 Å². The quantitative estimate of drug-likeness (QED) is 0.767. The first-order valence-corrected chi connectivity index (χ1v) is 6.63. The van der Waals surface area contributed by atoms with Crippen molar-refractivity contribution in [2.24, 2.45) is 5.92 Å². The van der Waals surface area contributed by atoms with Gasteiger partial charge in [-0.2, -0.15) is 0 Å². The van der Waals surface area contributed by atoms with Gasteiger partial charge < -0.3 is 10.0 Å². The van der Waals surface area contributed by atoms with Gasteiger partial charge in [-0.15, -0.1) is 0 Å². The van der Waals surface area contributed by atoms with Gasteiger partial charge in [-0.25, -0.2) is 0 Å². The normalized spacial score (nSPS) is 20.7. The van der Waals surface area contributed by atoms with Crippen LogP contribution in [0.5, 0.6) is 0 Å². The highest BCUT2D eigenvalue weighted by atomic mass is 16.4. The van der Waals surface area contributed by atoms with Crippen LogP contribution < -0.4 is 0 Å². The van der Waals surface area contributed by atoms with Gasteiger partial charge in [0.25, 0.3) is 0 Å². The zero-order valence-corrected chi connectivity index (χ0v) is 11.4. The van der Waals surface area contributed by atoms with E-state index in [1.807, 2.05) is 0 Å². The number of hydrogen-bond donors (Lipinski definition) is 1. The molecule has 0 aromatic carbocycles. The maximum absolute atomic E-state index is 10.8. The minimum Gasteiger partial charge on any atom is -0.481 e. The fourth-order valence-corrected chi connectivity index (χ4v) is 2.75. The Kier molecular flexibility index (Phi) is 5.92. The van der Waals surface area contributed by atoms with Gasteiger partial charge in [0.15, 0.2) is 0 Å². The van der Waals surface area contributed by atoms with Gasteiger partial charge >= 0.3 is 5.97 Å². The number of rotatable bonds is 6. The van der Waals surface area contributed by atoms with Crippen LogP contribution in [0.4, 0.5) is 0 Å². The van der Waals surface area contributed by atoms with Crippen molar-refractivity contribution >= 4 is 5.97 Å². The summed E-state index contributed by atoms with van der Waals surface area (Å²) in [5, 5.41) is 8.88. The maximum atomic E-state index is 10.8. The molecule has 1 atom stereocenters. The highest BCUT2D eigenvalue weighted by Crippen LogP contribution is 2.21. The molecule has 1 heterocycles. The van der Waals surface area contributed by atoms with Crippen LogP contribution in [0.1, 0.15) is 32.6 Å². The van der Waals surface area contributed by atoms with E-state index in [1.54, 1.807) is 0 Å².